The van der Waals surface area contributed by atoms with E-state index in [0.717, 1.165) is 28.2 Å². The average Bonchev–Trinajstić information content (AvgIpc) is 2.70. The van der Waals surface area contributed by atoms with Crippen LogP contribution in [0.15, 0.2) is 30.5 Å². The molecule has 0 saturated heterocycles. The minimum absolute atomic E-state index is 0.118. The van der Waals surface area contributed by atoms with E-state index in [4.69, 9.17) is 0 Å². The van der Waals surface area contributed by atoms with Crippen molar-refractivity contribution in [2.75, 3.05) is 6.54 Å². The van der Waals surface area contributed by atoms with Crippen molar-refractivity contribution >= 4 is 27.8 Å². The van der Waals surface area contributed by atoms with Gasteiger partial charge in [-0.1, -0.05) is 30.0 Å². The van der Waals surface area contributed by atoms with Crippen molar-refractivity contribution in [1.29, 1.82) is 0 Å². The fourth-order valence-electron chi connectivity index (χ4n) is 1.90. The molecule has 1 N–H and O–H groups in total. The van der Waals surface area contributed by atoms with Crippen molar-refractivity contribution in [2.24, 2.45) is 0 Å². The number of para-hydroxylation sites is 1. The molecule has 0 spiro atoms. The Morgan fingerprint density at radius 2 is 2.22 bits per heavy atom. The summed E-state index contributed by atoms with van der Waals surface area (Å²) in [6.07, 6.45) is 1.74. The number of aromatic amines is 1. The maximum absolute atomic E-state index is 11.2. The lowest BCUT2D eigenvalue weighted by Crippen LogP contribution is -2.10. The Balaban J connectivity index is 2.40. The zero-order valence-electron chi connectivity index (χ0n) is 9.75. The Kier molecular flexibility index (Phi) is 3.66. The van der Waals surface area contributed by atoms with Gasteiger partial charge in [-0.25, -0.2) is 0 Å². The highest BCUT2D eigenvalue weighted by atomic mass is 32.2. The fourth-order valence-corrected chi connectivity index (χ4v) is 2.81. The van der Waals surface area contributed by atoms with Crippen molar-refractivity contribution in [3.63, 3.8) is 0 Å². The summed E-state index contributed by atoms with van der Waals surface area (Å²) in [6.45, 7) is 1.17. The van der Waals surface area contributed by atoms with Gasteiger partial charge in [-0.05, 0) is 11.6 Å². The maximum Gasteiger partial charge on any atom is 0.220 e. The molecule has 18 heavy (non-hydrogen) atoms. The SMILES string of the molecule is CC(=O)S[C@@H](C[N+](=O)[O-])c1c[nH]c2ccccc12. The molecule has 0 unspecified atom stereocenters. The molecular weight excluding hydrogens is 252 g/mol. The third-order valence-electron chi connectivity index (χ3n) is 2.59. The summed E-state index contributed by atoms with van der Waals surface area (Å²) in [5.41, 5.74) is 1.73. The van der Waals surface area contributed by atoms with Crippen LogP contribution in [0.25, 0.3) is 10.9 Å². The number of hydrogen-bond donors (Lipinski definition) is 1. The molecule has 0 aliphatic rings. The van der Waals surface area contributed by atoms with Crippen LogP contribution in [0.3, 0.4) is 0 Å². The summed E-state index contributed by atoms with van der Waals surface area (Å²) in [4.78, 5) is 24.6. The Morgan fingerprint density at radius 3 is 2.89 bits per heavy atom. The second kappa shape index (κ2) is 5.22. The van der Waals surface area contributed by atoms with Crippen LogP contribution in [0.4, 0.5) is 0 Å². The van der Waals surface area contributed by atoms with Crippen molar-refractivity contribution < 1.29 is 9.72 Å². The van der Waals surface area contributed by atoms with Crippen LogP contribution in [-0.4, -0.2) is 21.6 Å². The third-order valence-corrected chi connectivity index (χ3v) is 3.61. The van der Waals surface area contributed by atoms with Crippen LogP contribution in [-0.2, 0) is 4.79 Å². The highest BCUT2D eigenvalue weighted by Gasteiger charge is 2.23. The molecule has 2 aromatic rings. The minimum atomic E-state index is -0.450. The number of nitrogens with one attached hydrogen (secondary N) is 1. The zero-order valence-corrected chi connectivity index (χ0v) is 10.6. The van der Waals surface area contributed by atoms with E-state index in [2.05, 4.69) is 4.98 Å². The zero-order chi connectivity index (χ0) is 13.1. The van der Waals surface area contributed by atoms with Gasteiger partial charge >= 0.3 is 0 Å². The lowest BCUT2D eigenvalue weighted by Gasteiger charge is -2.09. The Hall–Kier alpha value is -1.82. The molecule has 0 amide bonds. The normalized spacial score (nSPS) is 12.5. The predicted octanol–water partition coefficient (Wildman–Crippen LogP) is 2.77. The number of nitro groups is 1. The predicted molar refractivity (Wildman–Crippen MR) is 71.2 cm³/mol. The number of H-pyrrole nitrogens is 1. The van der Waals surface area contributed by atoms with Gasteiger partial charge in [0.05, 0.1) is 0 Å². The van der Waals surface area contributed by atoms with Gasteiger partial charge in [-0.2, -0.15) is 0 Å². The van der Waals surface area contributed by atoms with Crippen LogP contribution in [0.1, 0.15) is 17.7 Å². The van der Waals surface area contributed by atoms with Gasteiger partial charge in [0.2, 0.25) is 6.54 Å². The molecule has 1 aromatic carbocycles. The topological polar surface area (TPSA) is 76.0 Å². The van der Waals surface area contributed by atoms with Gasteiger partial charge in [0.1, 0.15) is 5.25 Å². The molecule has 0 aliphatic heterocycles. The van der Waals surface area contributed by atoms with Crippen LogP contribution < -0.4 is 0 Å². The Labute approximate surface area is 108 Å². The molecule has 2 rings (SSSR count). The van der Waals surface area contributed by atoms with E-state index in [1.165, 1.54) is 6.92 Å². The molecule has 1 atom stereocenters. The van der Waals surface area contributed by atoms with Crippen LogP contribution in [0.2, 0.25) is 0 Å². The van der Waals surface area contributed by atoms with Crippen molar-refractivity contribution in [2.45, 2.75) is 12.2 Å². The van der Waals surface area contributed by atoms with E-state index in [9.17, 15) is 14.9 Å². The van der Waals surface area contributed by atoms with Crippen molar-refractivity contribution in [1.82, 2.24) is 4.98 Å². The second-order valence-corrected chi connectivity index (χ2v) is 5.28. The average molecular weight is 264 g/mol. The van der Waals surface area contributed by atoms with Gasteiger partial charge in [-0.15, -0.1) is 0 Å². The highest BCUT2D eigenvalue weighted by molar-refractivity contribution is 8.13. The summed E-state index contributed by atoms with van der Waals surface area (Å²) in [5, 5.41) is 11.1. The number of hydrogen-bond acceptors (Lipinski definition) is 4. The van der Waals surface area contributed by atoms with Gasteiger partial charge in [-0.3, -0.25) is 14.9 Å². The second-order valence-electron chi connectivity index (χ2n) is 3.90. The molecule has 0 aliphatic carbocycles. The molecule has 0 bridgehead atoms. The first-order valence-electron chi connectivity index (χ1n) is 5.43. The number of thioether (sulfide) groups is 1. The van der Waals surface area contributed by atoms with Gasteiger partial charge in [0.25, 0.3) is 0 Å². The summed E-state index contributed by atoms with van der Waals surface area (Å²) >= 11 is 1.000. The van der Waals surface area contributed by atoms with E-state index < -0.39 is 5.25 Å². The van der Waals surface area contributed by atoms with E-state index in [0.29, 0.717) is 0 Å². The van der Waals surface area contributed by atoms with E-state index in [1.54, 1.807) is 6.20 Å². The summed E-state index contributed by atoms with van der Waals surface area (Å²) in [7, 11) is 0. The maximum atomic E-state index is 11.2. The summed E-state index contributed by atoms with van der Waals surface area (Å²) < 4.78 is 0. The first-order chi connectivity index (χ1) is 8.58. The number of aromatic nitrogens is 1. The first-order valence-corrected chi connectivity index (χ1v) is 6.31. The van der Waals surface area contributed by atoms with Gasteiger partial charge in [0.15, 0.2) is 5.12 Å². The van der Waals surface area contributed by atoms with Gasteiger partial charge in [0, 0.05) is 28.9 Å². The molecule has 6 heteroatoms. The summed E-state index contributed by atoms with van der Waals surface area (Å²) in [6, 6.07) is 7.57. The van der Waals surface area contributed by atoms with Crippen LogP contribution >= 0.6 is 11.8 Å². The molecule has 1 aromatic heterocycles. The van der Waals surface area contributed by atoms with Crippen LogP contribution in [0.5, 0.6) is 0 Å². The van der Waals surface area contributed by atoms with E-state index >= 15 is 0 Å². The highest BCUT2D eigenvalue weighted by Crippen LogP contribution is 2.34. The number of rotatable bonds is 4. The molecule has 5 nitrogen and oxygen atoms in total. The smallest absolute Gasteiger partial charge is 0.220 e. The number of fused-ring (bicyclic) bond motifs is 1. The number of carbonyl (C=O) groups excluding carboxylic acids is 1. The van der Waals surface area contributed by atoms with Crippen molar-refractivity contribution in [3.8, 4) is 0 Å². The Morgan fingerprint density at radius 1 is 1.50 bits per heavy atom. The van der Waals surface area contributed by atoms with Crippen LogP contribution in [0, 0.1) is 10.1 Å². The summed E-state index contributed by atoms with van der Waals surface area (Å²) in [5.74, 6) is 0. The Bertz CT molecular complexity index is 578. The number of benzene rings is 1. The van der Waals surface area contributed by atoms with E-state index in [1.807, 2.05) is 24.3 Å². The molecule has 0 radical (unpaired) electrons. The third kappa shape index (κ3) is 2.70. The number of nitrogens with zero attached hydrogens (tertiary/aromatic N) is 1. The molecule has 0 fully saturated rings. The van der Waals surface area contributed by atoms with Crippen molar-refractivity contribution in [3.05, 3.63) is 46.1 Å². The fraction of sp³-hybridized carbons (Fsp3) is 0.250. The minimum Gasteiger partial charge on any atom is -0.361 e. The monoisotopic (exact) mass is 264 g/mol. The van der Waals surface area contributed by atoms with E-state index in [-0.39, 0.29) is 16.6 Å². The lowest BCUT2D eigenvalue weighted by atomic mass is 10.1. The lowest BCUT2D eigenvalue weighted by molar-refractivity contribution is -0.479. The van der Waals surface area contributed by atoms with Gasteiger partial charge < -0.3 is 4.98 Å². The quantitative estimate of drug-likeness (QED) is 0.680. The molecule has 94 valence electrons. The standard InChI is InChI=1S/C12H12N2O3S/c1-8(15)18-12(7-14(16)17)10-6-13-11-5-3-2-4-9(10)11/h2-6,12-13H,7H2,1H3/t12-/m0/s1. The molecule has 1 heterocycles. The number of carbonyl (C=O) groups is 1. The molecule has 0 saturated carbocycles. The first kappa shape index (κ1) is 12.6. The largest absolute Gasteiger partial charge is 0.361 e. The molecular formula is C12H12N2O3S.